The molecule has 3 rings (SSSR count). The van der Waals surface area contributed by atoms with E-state index in [1.54, 1.807) is 7.11 Å². The number of methoxy groups -OCH3 is 1. The Morgan fingerprint density at radius 1 is 1.10 bits per heavy atom. The van der Waals surface area contributed by atoms with Crippen LogP contribution in [0.1, 0.15) is 6.42 Å². The molecule has 0 saturated heterocycles. The third kappa shape index (κ3) is 3.02. The van der Waals surface area contributed by atoms with Gasteiger partial charge in [-0.1, -0.05) is 36.4 Å². The van der Waals surface area contributed by atoms with Crippen LogP contribution in [0.3, 0.4) is 0 Å². The van der Waals surface area contributed by atoms with Crippen molar-refractivity contribution in [2.24, 2.45) is 0 Å². The Labute approximate surface area is 124 Å². The number of hydrogen-bond acceptors (Lipinski definition) is 4. The number of ether oxygens (including phenoxy) is 3. The summed E-state index contributed by atoms with van der Waals surface area (Å²) in [5, 5.41) is 12.0. The normalized spacial score (nSPS) is 24.8. The van der Waals surface area contributed by atoms with Gasteiger partial charge in [0.2, 0.25) is 0 Å². The van der Waals surface area contributed by atoms with Gasteiger partial charge in [-0.2, -0.15) is 0 Å². The highest BCUT2D eigenvalue weighted by Crippen LogP contribution is 2.32. The molecule has 0 spiro atoms. The van der Waals surface area contributed by atoms with Crippen molar-refractivity contribution in [3.05, 3.63) is 42.5 Å². The van der Waals surface area contributed by atoms with Gasteiger partial charge in [-0.15, -0.1) is 0 Å². The van der Waals surface area contributed by atoms with Gasteiger partial charge < -0.3 is 19.3 Å². The first-order valence-corrected chi connectivity index (χ1v) is 7.22. The minimum Gasteiger partial charge on any atom is -0.487 e. The molecular formula is C17H20O4. The Bertz CT molecular complexity index is 593. The number of rotatable bonds is 6. The Kier molecular flexibility index (Phi) is 4.39. The molecule has 0 aromatic heterocycles. The lowest BCUT2D eigenvalue weighted by atomic mass is 9.88. The van der Waals surface area contributed by atoms with Gasteiger partial charge in [0.05, 0.1) is 19.3 Å². The van der Waals surface area contributed by atoms with Crippen molar-refractivity contribution in [3.63, 3.8) is 0 Å². The lowest BCUT2D eigenvalue weighted by Gasteiger charge is -2.41. The second-order valence-electron chi connectivity index (χ2n) is 5.26. The fourth-order valence-electron chi connectivity index (χ4n) is 2.62. The summed E-state index contributed by atoms with van der Waals surface area (Å²) in [5.41, 5.74) is 0. The van der Waals surface area contributed by atoms with Crippen molar-refractivity contribution in [2.45, 2.75) is 24.7 Å². The molecule has 1 fully saturated rings. The summed E-state index contributed by atoms with van der Waals surface area (Å²) in [6.07, 6.45) is -0.246. The molecule has 3 atom stereocenters. The van der Waals surface area contributed by atoms with E-state index in [9.17, 15) is 5.11 Å². The zero-order chi connectivity index (χ0) is 14.7. The average molecular weight is 288 g/mol. The molecular weight excluding hydrogens is 268 g/mol. The number of aliphatic hydroxyl groups excluding tert-OH is 1. The van der Waals surface area contributed by atoms with Gasteiger partial charge in [-0.3, -0.25) is 0 Å². The van der Waals surface area contributed by atoms with Crippen LogP contribution in [-0.4, -0.2) is 43.7 Å². The molecule has 1 saturated carbocycles. The molecule has 1 aliphatic rings. The summed E-state index contributed by atoms with van der Waals surface area (Å²) in [6.45, 7) is 0.984. The average Bonchev–Trinajstić information content (AvgIpc) is 2.51. The fraction of sp³-hybridized carbons (Fsp3) is 0.412. The predicted octanol–water partition coefficient (Wildman–Crippen LogP) is 2.38. The predicted molar refractivity (Wildman–Crippen MR) is 80.6 cm³/mol. The summed E-state index contributed by atoms with van der Waals surface area (Å²) in [4.78, 5) is 0. The van der Waals surface area contributed by atoms with E-state index in [0.717, 1.165) is 16.5 Å². The van der Waals surface area contributed by atoms with E-state index in [2.05, 4.69) is 12.1 Å². The third-order valence-corrected chi connectivity index (χ3v) is 3.85. The molecule has 0 heterocycles. The smallest absolute Gasteiger partial charge is 0.130 e. The van der Waals surface area contributed by atoms with Crippen molar-refractivity contribution in [3.8, 4) is 5.75 Å². The Hall–Kier alpha value is -1.62. The minimum atomic E-state index is -0.457. The lowest BCUT2D eigenvalue weighted by molar-refractivity contribution is -0.166. The quantitative estimate of drug-likeness (QED) is 0.829. The van der Waals surface area contributed by atoms with Crippen molar-refractivity contribution < 1.29 is 19.3 Å². The number of hydrogen-bond donors (Lipinski definition) is 1. The lowest BCUT2D eigenvalue weighted by Crippen LogP contribution is -2.55. The van der Waals surface area contributed by atoms with E-state index in [4.69, 9.17) is 14.2 Å². The summed E-state index contributed by atoms with van der Waals surface area (Å²) in [6, 6.07) is 14.1. The highest BCUT2D eigenvalue weighted by atomic mass is 16.6. The topological polar surface area (TPSA) is 47.9 Å². The van der Waals surface area contributed by atoms with E-state index >= 15 is 0 Å². The maximum atomic E-state index is 9.82. The molecule has 3 unspecified atom stereocenters. The molecule has 1 aliphatic carbocycles. The van der Waals surface area contributed by atoms with E-state index in [1.165, 1.54) is 0 Å². The first-order chi connectivity index (χ1) is 10.3. The molecule has 0 aliphatic heterocycles. The molecule has 1 N–H and O–H groups in total. The molecule has 0 bridgehead atoms. The van der Waals surface area contributed by atoms with Crippen molar-refractivity contribution in [2.75, 3.05) is 20.3 Å². The molecule has 2 aromatic rings. The second kappa shape index (κ2) is 6.43. The summed E-state index contributed by atoms with van der Waals surface area (Å²) in [5.74, 6) is 0.838. The molecule has 21 heavy (non-hydrogen) atoms. The van der Waals surface area contributed by atoms with Crippen LogP contribution >= 0.6 is 0 Å². The number of aliphatic hydroxyl groups is 1. The van der Waals surface area contributed by atoms with Gasteiger partial charge in [-0.05, 0) is 11.5 Å². The van der Waals surface area contributed by atoms with Gasteiger partial charge in [0.25, 0.3) is 0 Å². The zero-order valence-corrected chi connectivity index (χ0v) is 12.1. The molecule has 0 amide bonds. The largest absolute Gasteiger partial charge is 0.487 e. The van der Waals surface area contributed by atoms with Gasteiger partial charge in [0.15, 0.2) is 0 Å². The molecule has 112 valence electrons. The third-order valence-electron chi connectivity index (χ3n) is 3.85. The number of benzene rings is 2. The Morgan fingerprint density at radius 3 is 2.71 bits per heavy atom. The first kappa shape index (κ1) is 14.3. The monoisotopic (exact) mass is 288 g/mol. The minimum absolute atomic E-state index is 0.109. The first-order valence-electron chi connectivity index (χ1n) is 7.22. The van der Waals surface area contributed by atoms with Crippen molar-refractivity contribution in [1.82, 2.24) is 0 Å². The van der Waals surface area contributed by atoms with Gasteiger partial charge in [-0.25, -0.2) is 0 Å². The van der Waals surface area contributed by atoms with Gasteiger partial charge >= 0.3 is 0 Å². The molecule has 4 nitrogen and oxygen atoms in total. The summed E-state index contributed by atoms with van der Waals surface area (Å²) in [7, 11) is 1.63. The van der Waals surface area contributed by atoms with Gasteiger partial charge in [0, 0.05) is 18.9 Å². The molecule has 4 heteroatoms. The van der Waals surface area contributed by atoms with E-state index < -0.39 is 6.10 Å². The van der Waals surface area contributed by atoms with Crippen LogP contribution in [0, 0.1) is 0 Å². The van der Waals surface area contributed by atoms with Crippen LogP contribution < -0.4 is 4.74 Å². The molecule has 0 radical (unpaired) electrons. The maximum absolute atomic E-state index is 9.82. The summed E-state index contributed by atoms with van der Waals surface area (Å²) >= 11 is 0. The highest BCUT2D eigenvalue weighted by Gasteiger charge is 2.43. The van der Waals surface area contributed by atoms with Crippen LogP contribution in [0.25, 0.3) is 10.8 Å². The van der Waals surface area contributed by atoms with E-state index in [0.29, 0.717) is 19.6 Å². The second-order valence-corrected chi connectivity index (χ2v) is 5.26. The summed E-state index contributed by atoms with van der Waals surface area (Å²) < 4.78 is 16.6. The molecule has 2 aromatic carbocycles. The van der Waals surface area contributed by atoms with Crippen LogP contribution in [0.4, 0.5) is 0 Å². The Morgan fingerprint density at radius 2 is 1.90 bits per heavy atom. The maximum Gasteiger partial charge on any atom is 0.130 e. The zero-order valence-electron chi connectivity index (χ0n) is 12.1. The van der Waals surface area contributed by atoms with Crippen LogP contribution in [0.5, 0.6) is 5.75 Å². The van der Waals surface area contributed by atoms with Crippen LogP contribution in [0.15, 0.2) is 42.5 Å². The Balaban J connectivity index is 1.70. The number of fused-ring (bicyclic) bond motifs is 1. The van der Waals surface area contributed by atoms with Crippen LogP contribution in [0.2, 0.25) is 0 Å². The van der Waals surface area contributed by atoms with Crippen molar-refractivity contribution >= 4 is 10.8 Å². The highest BCUT2D eigenvalue weighted by molar-refractivity contribution is 5.88. The van der Waals surface area contributed by atoms with Crippen LogP contribution in [-0.2, 0) is 9.47 Å². The van der Waals surface area contributed by atoms with Gasteiger partial charge in [0.1, 0.15) is 18.0 Å². The van der Waals surface area contributed by atoms with E-state index in [-0.39, 0.29) is 12.2 Å². The standard InChI is InChI=1S/C17H20O4/c1-19-9-10-20-17-14(18)11-16(17)21-15-8-4-6-12-5-2-3-7-13(12)15/h2-8,14,16-18H,9-11H2,1H3. The van der Waals surface area contributed by atoms with E-state index in [1.807, 2.05) is 30.3 Å². The fourth-order valence-corrected chi connectivity index (χ4v) is 2.62. The van der Waals surface area contributed by atoms with Crippen molar-refractivity contribution in [1.29, 1.82) is 0 Å². The SMILES string of the molecule is COCCOC1C(O)CC1Oc1cccc2ccccc12.